The predicted molar refractivity (Wildman–Crippen MR) is 129 cm³/mol. The highest BCUT2D eigenvalue weighted by Gasteiger charge is 2.23. The summed E-state index contributed by atoms with van der Waals surface area (Å²) in [6.45, 7) is 4.17. The summed E-state index contributed by atoms with van der Waals surface area (Å²) in [6.07, 6.45) is 0. The molecule has 0 unspecified atom stereocenters. The zero-order valence-electron chi connectivity index (χ0n) is 18.4. The molecule has 166 valence electrons. The molecule has 6 heteroatoms. The fraction of sp³-hybridized carbons (Fsp3) is 0.148. The average Bonchev–Trinajstić information content (AvgIpc) is 2.84. The minimum absolute atomic E-state index is 0.257. The number of ether oxygens (including phenoxy) is 2. The van der Waals surface area contributed by atoms with Gasteiger partial charge in [-0.15, -0.1) is 0 Å². The first-order valence-electron chi connectivity index (χ1n) is 10.6. The molecule has 0 atom stereocenters. The number of aromatic nitrogens is 2. The van der Waals surface area contributed by atoms with Gasteiger partial charge in [0.2, 0.25) is 0 Å². The number of rotatable bonds is 7. The molecule has 1 heterocycles. The number of nitrogens with zero attached hydrogens (tertiary/aromatic N) is 2. The highest BCUT2D eigenvalue weighted by atomic mass is 35.5. The molecule has 5 nitrogen and oxygen atoms in total. The number of hydrogen-bond acceptors (Lipinski definition) is 5. The van der Waals surface area contributed by atoms with Crippen LogP contribution in [0.1, 0.15) is 28.5 Å². The molecule has 0 radical (unpaired) electrons. The van der Waals surface area contributed by atoms with Gasteiger partial charge in [0.1, 0.15) is 17.9 Å². The van der Waals surface area contributed by atoms with Gasteiger partial charge in [0.25, 0.3) is 0 Å². The summed E-state index contributed by atoms with van der Waals surface area (Å²) in [6, 6.07) is 24.7. The molecule has 0 N–H and O–H groups in total. The van der Waals surface area contributed by atoms with Gasteiger partial charge in [0, 0.05) is 16.1 Å². The Bertz CT molecular complexity index is 1260. The third kappa shape index (κ3) is 5.21. The van der Waals surface area contributed by atoms with Gasteiger partial charge in [0.05, 0.1) is 18.0 Å². The Morgan fingerprint density at radius 2 is 1.61 bits per heavy atom. The van der Waals surface area contributed by atoms with E-state index in [-0.39, 0.29) is 6.61 Å². The molecule has 0 saturated carbocycles. The van der Waals surface area contributed by atoms with Crippen molar-refractivity contribution in [1.82, 2.24) is 9.97 Å². The maximum atomic E-state index is 12.9. The Hall–Kier alpha value is -3.70. The lowest BCUT2D eigenvalue weighted by molar-refractivity contribution is 0.0525. The largest absolute Gasteiger partial charge is 0.488 e. The van der Waals surface area contributed by atoms with Crippen LogP contribution in [0.2, 0.25) is 5.02 Å². The van der Waals surface area contributed by atoms with Crippen LogP contribution in [0.5, 0.6) is 5.75 Å². The van der Waals surface area contributed by atoms with E-state index >= 15 is 0 Å². The van der Waals surface area contributed by atoms with Crippen LogP contribution in [0.3, 0.4) is 0 Å². The first kappa shape index (κ1) is 22.5. The van der Waals surface area contributed by atoms with E-state index in [1.807, 2.05) is 78.9 Å². The van der Waals surface area contributed by atoms with E-state index in [2.05, 4.69) is 4.98 Å². The van der Waals surface area contributed by atoms with E-state index in [0.29, 0.717) is 45.7 Å². The Morgan fingerprint density at radius 1 is 0.909 bits per heavy atom. The van der Waals surface area contributed by atoms with Gasteiger partial charge in [-0.2, -0.15) is 0 Å². The van der Waals surface area contributed by atoms with Crippen LogP contribution in [0.25, 0.3) is 22.6 Å². The summed E-state index contributed by atoms with van der Waals surface area (Å²) in [5.74, 6) is 0.677. The molecule has 0 bridgehead atoms. The molecule has 0 saturated heterocycles. The molecule has 0 spiro atoms. The third-order valence-corrected chi connectivity index (χ3v) is 5.30. The molecule has 4 aromatic rings. The Kier molecular flexibility index (Phi) is 7.01. The summed E-state index contributed by atoms with van der Waals surface area (Å²) in [5.41, 5.74) is 3.88. The van der Waals surface area contributed by atoms with Crippen LogP contribution in [-0.4, -0.2) is 22.5 Å². The van der Waals surface area contributed by atoms with E-state index in [4.69, 9.17) is 26.1 Å². The van der Waals surface area contributed by atoms with E-state index in [1.165, 1.54) is 0 Å². The minimum atomic E-state index is -0.461. The van der Waals surface area contributed by atoms with Gasteiger partial charge in [-0.1, -0.05) is 66.2 Å². The van der Waals surface area contributed by atoms with Gasteiger partial charge in [-0.05, 0) is 43.7 Å². The van der Waals surface area contributed by atoms with Gasteiger partial charge < -0.3 is 9.47 Å². The number of hydrogen-bond donors (Lipinski definition) is 0. The first-order valence-corrected chi connectivity index (χ1v) is 11.0. The summed E-state index contributed by atoms with van der Waals surface area (Å²) in [7, 11) is 0. The fourth-order valence-corrected chi connectivity index (χ4v) is 3.59. The second-order valence-corrected chi connectivity index (χ2v) is 7.79. The molecule has 0 aliphatic carbocycles. The highest BCUT2D eigenvalue weighted by molar-refractivity contribution is 6.30. The highest BCUT2D eigenvalue weighted by Crippen LogP contribution is 2.34. The van der Waals surface area contributed by atoms with Crippen molar-refractivity contribution in [2.75, 3.05) is 6.61 Å². The fourth-order valence-electron chi connectivity index (χ4n) is 3.46. The molecule has 0 aliphatic rings. The number of esters is 1. The molecule has 1 aromatic heterocycles. The van der Waals surface area contributed by atoms with Crippen molar-refractivity contribution in [1.29, 1.82) is 0 Å². The van der Waals surface area contributed by atoms with Crippen LogP contribution in [0, 0.1) is 6.92 Å². The zero-order chi connectivity index (χ0) is 23.2. The third-order valence-electron chi connectivity index (χ3n) is 5.05. The van der Waals surface area contributed by atoms with Gasteiger partial charge in [-0.25, -0.2) is 14.8 Å². The SMILES string of the molecule is CCOC(=O)c1c(C)nc(-c2ccccc2)nc1-c1ccccc1OCc1ccc(Cl)cc1. The molecular weight excluding hydrogens is 436 g/mol. The second kappa shape index (κ2) is 10.3. The van der Waals surface area contributed by atoms with Crippen LogP contribution in [0.15, 0.2) is 78.9 Å². The molecule has 33 heavy (non-hydrogen) atoms. The van der Waals surface area contributed by atoms with Gasteiger partial charge in [-0.3, -0.25) is 0 Å². The predicted octanol–water partition coefficient (Wildman–Crippen LogP) is 6.53. The molecule has 0 fully saturated rings. The zero-order valence-corrected chi connectivity index (χ0v) is 19.2. The van der Waals surface area contributed by atoms with Crippen molar-refractivity contribution in [3.05, 3.63) is 101 Å². The van der Waals surface area contributed by atoms with Crippen molar-refractivity contribution in [2.24, 2.45) is 0 Å². The van der Waals surface area contributed by atoms with Crippen LogP contribution >= 0.6 is 11.6 Å². The molecule has 0 aliphatic heterocycles. The smallest absolute Gasteiger partial charge is 0.342 e. The molecule has 3 aromatic carbocycles. The van der Waals surface area contributed by atoms with Crippen molar-refractivity contribution >= 4 is 17.6 Å². The van der Waals surface area contributed by atoms with E-state index in [9.17, 15) is 4.79 Å². The molecule has 4 rings (SSSR count). The minimum Gasteiger partial charge on any atom is -0.488 e. The van der Waals surface area contributed by atoms with Gasteiger partial charge in [0.15, 0.2) is 5.82 Å². The topological polar surface area (TPSA) is 61.3 Å². The van der Waals surface area contributed by atoms with Crippen LogP contribution in [-0.2, 0) is 11.3 Å². The van der Waals surface area contributed by atoms with Crippen molar-refractivity contribution in [3.8, 4) is 28.4 Å². The maximum Gasteiger partial charge on any atom is 0.342 e. The number of carbonyl (C=O) groups is 1. The molecule has 0 amide bonds. The maximum absolute atomic E-state index is 12.9. The van der Waals surface area contributed by atoms with Gasteiger partial charge >= 0.3 is 5.97 Å². The van der Waals surface area contributed by atoms with E-state index < -0.39 is 5.97 Å². The second-order valence-electron chi connectivity index (χ2n) is 7.35. The Labute approximate surface area is 198 Å². The normalized spacial score (nSPS) is 10.6. The number of carbonyl (C=O) groups excluding carboxylic acids is 1. The van der Waals surface area contributed by atoms with Crippen molar-refractivity contribution in [3.63, 3.8) is 0 Å². The van der Waals surface area contributed by atoms with Crippen LogP contribution in [0.4, 0.5) is 0 Å². The summed E-state index contributed by atoms with van der Waals surface area (Å²) >= 11 is 5.99. The quantitative estimate of drug-likeness (QED) is 0.295. The van der Waals surface area contributed by atoms with Crippen LogP contribution < -0.4 is 4.74 Å². The number of benzene rings is 3. The lowest BCUT2D eigenvalue weighted by atomic mass is 10.0. The summed E-state index contributed by atoms with van der Waals surface area (Å²) in [5, 5.41) is 0.670. The summed E-state index contributed by atoms with van der Waals surface area (Å²) < 4.78 is 11.5. The monoisotopic (exact) mass is 458 g/mol. The lowest BCUT2D eigenvalue weighted by Gasteiger charge is -2.16. The standard InChI is InChI=1S/C27H23ClN2O3/c1-3-32-27(31)24-18(2)29-26(20-9-5-4-6-10-20)30-25(24)22-11-7-8-12-23(22)33-17-19-13-15-21(28)16-14-19/h4-16H,3,17H2,1-2H3. The summed E-state index contributed by atoms with van der Waals surface area (Å²) in [4.78, 5) is 22.3. The molecular formula is C27H23ClN2O3. The average molecular weight is 459 g/mol. The Morgan fingerprint density at radius 3 is 2.33 bits per heavy atom. The lowest BCUT2D eigenvalue weighted by Crippen LogP contribution is -2.13. The number of aryl methyl sites for hydroxylation is 1. The van der Waals surface area contributed by atoms with Crippen molar-refractivity contribution in [2.45, 2.75) is 20.5 Å². The number of halogens is 1. The first-order chi connectivity index (χ1) is 16.1. The Balaban J connectivity index is 1.80. The number of para-hydroxylation sites is 1. The van der Waals surface area contributed by atoms with E-state index in [0.717, 1.165) is 11.1 Å². The van der Waals surface area contributed by atoms with E-state index in [1.54, 1.807) is 13.8 Å². The van der Waals surface area contributed by atoms with Crippen molar-refractivity contribution < 1.29 is 14.3 Å².